The topological polar surface area (TPSA) is 173 Å². The quantitative estimate of drug-likeness (QED) is 0.185. The van der Waals surface area contributed by atoms with Crippen molar-refractivity contribution >= 4 is 29.2 Å². The monoisotopic (exact) mass is 801 g/mol. The molecule has 5 aromatic rings. The largest absolute Gasteiger partial charge is 0.490 e. The fourth-order valence-corrected chi connectivity index (χ4v) is 5.95. The number of aryl methyl sites for hydroxylation is 1. The van der Waals surface area contributed by atoms with E-state index in [-0.39, 0.29) is 11.9 Å². The molecule has 1 aromatic carbocycles. The van der Waals surface area contributed by atoms with Crippen molar-refractivity contribution in [1.82, 2.24) is 34.2 Å². The SMILES string of the molecule is CCN(CC)C(C(=O)N1CCN(c2ccc(-c3cc(-c4cnn(C)c4)cn4ncc(C#N)c34)cn2)CC1)c1ccccc1.O=C(O)C(F)(F)F.O=C(O)C(F)(F)F. The highest BCUT2D eigenvalue weighted by atomic mass is 19.4. The molecular formula is C37H37F6N9O5. The number of carbonyl (C=O) groups excluding carboxylic acids is 1. The van der Waals surface area contributed by atoms with Crippen LogP contribution in [0.1, 0.15) is 31.0 Å². The van der Waals surface area contributed by atoms with Crippen LogP contribution >= 0.6 is 0 Å². The lowest BCUT2D eigenvalue weighted by molar-refractivity contribution is -0.193. The van der Waals surface area contributed by atoms with E-state index in [4.69, 9.17) is 24.8 Å². The molecule has 1 unspecified atom stereocenters. The summed E-state index contributed by atoms with van der Waals surface area (Å²) in [6.07, 6.45) is -1.03. The van der Waals surface area contributed by atoms with Gasteiger partial charge < -0.3 is 20.0 Å². The molecule has 2 N–H and O–H groups in total. The molecule has 0 saturated carbocycles. The molecule has 20 heteroatoms. The fourth-order valence-electron chi connectivity index (χ4n) is 5.95. The van der Waals surface area contributed by atoms with E-state index in [0.717, 1.165) is 52.2 Å². The number of aromatic nitrogens is 5. The number of aliphatic carboxylic acids is 2. The van der Waals surface area contributed by atoms with E-state index in [2.05, 4.69) is 46.0 Å². The van der Waals surface area contributed by atoms with Crippen LogP contribution in [0, 0.1) is 11.3 Å². The van der Waals surface area contributed by atoms with E-state index >= 15 is 0 Å². The minimum Gasteiger partial charge on any atom is -0.475 e. The van der Waals surface area contributed by atoms with Crippen molar-refractivity contribution in [2.75, 3.05) is 44.2 Å². The van der Waals surface area contributed by atoms with Crippen LogP contribution < -0.4 is 4.90 Å². The lowest BCUT2D eigenvalue weighted by Crippen LogP contribution is -2.52. The first kappa shape index (κ1) is 43.2. The first-order valence-corrected chi connectivity index (χ1v) is 17.2. The molecule has 1 atom stereocenters. The lowest BCUT2D eigenvalue weighted by Gasteiger charge is -2.39. The van der Waals surface area contributed by atoms with Gasteiger partial charge in [-0.1, -0.05) is 44.2 Å². The zero-order valence-corrected chi connectivity index (χ0v) is 30.7. The van der Waals surface area contributed by atoms with Gasteiger partial charge in [0.1, 0.15) is 17.9 Å². The molecular weight excluding hydrogens is 764 g/mol. The Hall–Kier alpha value is -6.49. The summed E-state index contributed by atoms with van der Waals surface area (Å²) in [4.78, 5) is 42.8. The first-order valence-electron chi connectivity index (χ1n) is 17.2. The highest BCUT2D eigenvalue weighted by Gasteiger charge is 2.39. The van der Waals surface area contributed by atoms with Gasteiger partial charge in [0.2, 0.25) is 5.91 Å². The number of carboxylic acid groups (broad SMARTS) is 2. The summed E-state index contributed by atoms with van der Waals surface area (Å²) in [5.41, 5.74) is 5.99. The van der Waals surface area contributed by atoms with Crippen LogP contribution in [0.3, 0.4) is 0 Å². The zero-order chi connectivity index (χ0) is 42.1. The van der Waals surface area contributed by atoms with E-state index in [1.807, 2.05) is 79.2 Å². The Morgan fingerprint density at radius 2 is 1.42 bits per heavy atom. The van der Waals surface area contributed by atoms with Crippen molar-refractivity contribution in [3.05, 3.63) is 90.6 Å². The molecule has 0 aliphatic carbocycles. The van der Waals surface area contributed by atoms with Crippen LogP contribution in [0.2, 0.25) is 0 Å². The second kappa shape index (κ2) is 18.4. The van der Waals surface area contributed by atoms with Crippen molar-refractivity contribution in [3.63, 3.8) is 0 Å². The summed E-state index contributed by atoms with van der Waals surface area (Å²) in [5, 5.41) is 32.7. The molecule has 1 aliphatic rings. The van der Waals surface area contributed by atoms with E-state index in [1.165, 1.54) is 0 Å². The molecule has 0 radical (unpaired) electrons. The molecule has 1 aliphatic heterocycles. The van der Waals surface area contributed by atoms with Crippen LogP contribution in [-0.2, 0) is 21.4 Å². The molecule has 14 nitrogen and oxygen atoms in total. The number of likely N-dealkylation sites (N-methyl/N-ethyl adjacent to an activating group) is 1. The van der Waals surface area contributed by atoms with E-state index < -0.39 is 24.3 Å². The van der Waals surface area contributed by atoms with Gasteiger partial charge in [0.15, 0.2) is 0 Å². The summed E-state index contributed by atoms with van der Waals surface area (Å²) >= 11 is 0. The van der Waals surface area contributed by atoms with Gasteiger partial charge in [-0.05, 0) is 36.9 Å². The minimum absolute atomic E-state index is 0.157. The number of carboxylic acids is 2. The molecule has 5 heterocycles. The zero-order valence-electron chi connectivity index (χ0n) is 30.7. The van der Waals surface area contributed by atoms with Gasteiger partial charge in [0.05, 0.1) is 23.5 Å². The standard InChI is InChI=1S/C33H35N9O.2C2HF3O2/c1-4-39(5-2)32(24-9-7-6-8-10-24)33(43)41-15-13-40(14-16-41)30-12-11-25(19-35-30)29-17-26(28-21-36-38(3)22-28)23-42-31(29)27(18-34)20-37-42;2*3-2(4,5)1(6)7/h6-12,17,19-23,32H,4-5,13-16H2,1-3H3;2*(H,6,7). The molecule has 0 bridgehead atoms. The number of nitrogens with zero attached hydrogens (tertiary/aromatic N) is 9. The molecule has 6 rings (SSSR count). The molecule has 1 fully saturated rings. The number of amides is 1. The summed E-state index contributed by atoms with van der Waals surface area (Å²) in [5.74, 6) is -4.49. The van der Waals surface area contributed by atoms with Crippen LogP contribution in [0.15, 0.2) is 79.5 Å². The van der Waals surface area contributed by atoms with Gasteiger partial charge in [-0.3, -0.25) is 14.4 Å². The second-order valence-electron chi connectivity index (χ2n) is 12.4. The van der Waals surface area contributed by atoms with Gasteiger partial charge in [-0.2, -0.15) is 41.8 Å². The minimum atomic E-state index is -5.08. The van der Waals surface area contributed by atoms with Gasteiger partial charge in [-0.15, -0.1) is 0 Å². The number of pyridine rings is 2. The first-order chi connectivity index (χ1) is 26.9. The maximum atomic E-state index is 13.8. The number of anilines is 1. The van der Waals surface area contributed by atoms with Crippen molar-refractivity contribution in [2.24, 2.45) is 7.05 Å². The van der Waals surface area contributed by atoms with Crippen molar-refractivity contribution in [1.29, 1.82) is 5.26 Å². The predicted molar refractivity (Wildman–Crippen MR) is 194 cm³/mol. The van der Waals surface area contributed by atoms with E-state index in [9.17, 15) is 36.4 Å². The molecule has 1 amide bonds. The summed E-state index contributed by atoms with van der Waals surface area (Å²) in [7, 11) is 1.88. The normalized spacial score (nSPS) is 13.6. The van der Waals surface area contributed by atoms with Crippen molar-refractivity contribution < 1.29 is 50.9 Å². The summed E-state index contributed by atoms with van der Waals surface area (Å²) in [6.45, 7) is 8.53. The maximum absolute atomic E-state index is 13.8. The summed E-state index contributed by atoms with van der Waals surface area (Å²) < 4.78 is 67.0. The van der Waals surface area contributed by atoms with Gasteiger partial charge >= 0.3 is 24.3 Å². The number of benzene rings is 1. The number of halogens is 6. The Morgan fingerprint density at radius 1 is 0.825 bits per heavy atom. The van der Waals surface area contributed by atoms with E-state index in [1.54, 1.807) is 15.4 Å². The van der Waals surface area contributed by atoms with Gasteiger partial charge in [-0.25, -0.2) is 19.1 Å². The van der Waals surface area contributed by atoms with Crippen LogP contribution in [0.25, 0.3) is 27.8 Å². The molecule has 302 valence electrons. The van der Waals surface area contributed by atoms with Crippen LogP contribution in [0.5, 0.6) is 0 Å². The number of carbonyl (C=O) groups is 3. The number of nitriles is 1. The Kier molecular flexibility index (Phi) is 14.0. The van der Waals surface area contributed by atoms with Crippen LogP contribution in [0.4, 0.5) is 32.2 Å². The van der Waals surface area contributed by atoms with Crippen molar-refractivity contribution in [2.45, 2.75) is 32.2 Å². The average molecular weight is 802 g/mol. The molecule has 1 saturated heterocycles. The van der Waals surface area contributed by atoms with Gasteiger partial charge in [0.25, 0.3) is 0 Å². The molecule has 4 aromatic heterocycles. The number of hydrogen-bond donors (Lipinski definition) is 2. The highest BCUT2D eigenvalue weighted by Crippen LogP contribution is 2.33. The van der Waals surface area contributed by atoms with E-state index in [0.29, 0.717) is 31.7 Å². The average Bonchev–Trinajstić information content (AvgIpc) is 3.82. The predicted octanol–water partition coefficient (Wildman–Crippen LogP) is 5.67. The smallest absolute Gasteiger partial charge is 0.475 e. The Balaban J connectivity index is 0.000000440. The number of hydrogen-bond acceptors (Lipinski definition) is 9. The number of fused-ring (bicyclic) bond motifs is 1. The second-order valence-corrected chi connectivity index (χ2v) is 12.4. The van der Waals surface area contributed by atoms with Gasteiger partial charge in [0, 0.05) is 74.1 Å². The van der Waals surface area contributed by atoms with Crippen molar-refractivity contribution in [3.8, 4) is 28.3 Å². The molecule has 57 heavy (non-hydrogen) atoms. The Morgan fingerprint density at radius 3 is 1.89 bits per heavy atom. The fraction of sp³-hybridized carbons (Fsp3) is 0.324. The lowest BCUT2D eigenvalue weighted by atomic mass is 10.0. The number of rotatable bonds is 8. The Bertz CT molecular complexity index is 2160. The third-order valence-electron chi connectivity index (χ3n) is 8.76. The van der Waals surface area contributed by atoms with Crippen LogP contribution in [-0.4, -0.2) is 114 Å². The number of alkyl halides is 6. The Labute approximate surface area is 321 Å². The third kappa shape index (κ3) is 10.8. The molecule has 0 spiro atoms. The number of piperazine rings is 1. The third-order valence-corrected chi connectivity index (χ3v) is 8.76. The highest BCUT2D eigenvalue weighted by molar-refractivity contribution is 5.87. The maximum Gasteiger partial charge on any atom is 0.490 e. The summed E-state index contributed by atoms with van der Waals surface area (Å²) in [6, 6.07) is 18.2.